The molecule has 0 saturated carbocycles. The molecule has 1 N–H and O–H groups in total. The number of amides is 2. The molecule has 0 bridgehead atoms. The van der Waals surface area contributed by atoms with E-state index >= 15 is 0 Å². The van der Waals surface area contributed by atoms with Crippen molar-refractivity contribution in [3.05, 3.63) is 53.1 Å². The number of anilines is 1. The first-order chi connectivity index (χ1) is 14.8. The van der Waals surface area contributed by atoms with E-state index in [2.05, 4.69) is 5.32 Å². The second-order valence-electron chi connectivity index (χ2n) is 7.29. The molecule has 0 unspecified atom stereocenters. The van der Waals surface area contributed by atoms with Gasteiger partial charge in [0.1, 0.15) is 5.75 Å². The summed E-state index contributed by atoms with van der Waals surface area (Å²) in [4.78, 5) is 30.4. The van der Waals surface area contributed by atoms with E-state index in [0.29, 0.717) is 23.9 Å². The van der Waals surface area contributed by atoms with E-state index in [-0.39, 0.29) is 5.91 Å². The van der Waals surface area contributed by atoms with Crippen molar-refractivity contribution < 1.29 is 19.1 Å². The summed E-state index contributed by atoms with van der Waals surface area (Å²) >= 11 is 7.74. The van der Waals surface area contributed by atoms with E-state index in [1.165, 1.54) is 18.8 Å². The number of hydrogen-bond donors (Lipinski definition) is 1. The Morgan fingerprint density at radius 1 is 1.23 bits per heavy atom. The van der Waals surface area contributed by atoms with Gasteiger partial charge in [0, 0.05) is 30.1 Å². The second-order valence-corrected chi connectivity index (χ2v) is 8.91. The van der Waals surface area contributed by atoms with Crippen LogP contribution in [0.5, 0.6) is 5.75 Å². The van der Waals surface area contributed by atoms with Gasteiger partial charge >= 0.3 is 6.09 Å². The molecular formula is C22H26ClN3O4S. The van der Waals surface area contributed by atoms with Crippen molar-refractivity contribution in [2.75, 3.05) is 46.2 Å². The van der Waals surface area contributed by atoms with E-state index < -0.39 is 17.4 Å². The monoisotopic (exact) mass is 463 g/mol. The topological polar surface area (TPSA) is 71.1 Å². The maximum atomic E-state index is 13.7. The lowest BCUT2D eigenvalue weighted by atomic mass is 10.1. The van der Waals surface area contributed by atoms with Crippen LogP contribution in [0.3, 0.4) is 0 Å². The zero-order valence-electron chi connectivity index (χ0n) is 17.9. The van der Waals surface area contributed by atoms with Gasteiger partial charge in [-0.2, -0.15) is 0 Å². The fraction of sp³-hybridized carbons (Fsp3) is 0.364. The highest BCUT2D eigenvalue weighted by Gasteiger charge is 2.41. The Kier molecular flexibility index (Phi) is 7.69. The van der Waals surface area contributed by atoms with E-state index in [4.69, 9.17) is 21.1 Å². The SMILES string of the molecule is CNC(=O)O[C@@H]1C(=O)N(CCN(C)C)c2ccc(Cl)cc2S[C@@H]1c1ccc(OC)cc1. The standard InChI is InChI=1S/C22H26ClN3O4S/c1-24-22(28)30-19-20(14-5-8-16(29-4)9-6-14)31-18-13-15(23)7-10-17(18)26(21(19)27)12-11-25(2)3/h5-10,13,19-20H,11-12H2,1-4H3,(H,24,28)/t19-,20+/m0/s1. The predicted molar refractivity (Wildman–Crippen MR) is 123 cm³/mol. The number of benzene rings is 2. The molecule has 0 aliphatic carbocycles. The molecule has 31 heavy (non-hydrogen) atoms. The molecule has 0 spiro atoms. The predicted octanol–water partition coefficient (Wildman–Crippen LogP) is 3.81. The fourth-order valence-electron chi connectivity index (χ4n) is 3.26. The zero-order valence-corrected chi connectivity index (χ0v) is 19.5. The number of likely N-dealkylation sites (N-methyl/N-ethyl adjacent to an activating group) is 1. The Labute approximate surface area is 191 Å². The Morgan fingerprint density at radius 2 is 1.94 bits per heavy atom. The average molecular weight is 464 g/mol. The van der Waals surface area contributed by atoms with Crippen LogP contribution in [0.2, 0.25) is 5.02 Å². The number of thioether (sulfide) groups is 1. The highest BCUT2D eigenvalue weighted by atomic mass is 35.5. The van der Waals surface area contributed by atoms with Crippen LogP contribution in [-0.2, 0) is 9.53 Å². The molecule has 2 atom stereocenters. The van der Waals surface area contributed by atoms with Crippen molar-refractivity contribution in [3.63, 3.8) is 0 Å². The summed E-state index contributed by atoms with van der Waals surface area (Å²) in [5, 5.41) is 2.56. The summed E-state index contributed by atoms with van der Waals surface area (Å²) in [5.41, 5.74) is 1.59. The van der Waals surface area contributed by atoms with Crippen molar-refractivity contribution in [1.29, 1.82) is 0 Å². The molecule has 1 heterocycles. The van der Waals surface area contributed by atoms with Gasteiger partial charge in [0.25, 0.3) is 5.91 Å². The average Bonchev–Trinajstić information content (AvgIpc) is 2.86. The van der Waals surface area contributed by atoms with Crippen LogP contribution in [-0.4, -0.2) is 64.3 Å². The number of alkyl carbamates (subject to hydrolysis) is 1. The molecular weight excluding hydrogens is 438 g/mol. The Hall–Kier alpha value is -2.42. The highest BCUT2D eigenvalue weighted by Crippen LogP contribution is 2.47. The highest BCUT2D eigenvalue weighted by molar-refractivity contribution is 7.99. The van der Waals surface area contributed by atoms with Crippen LogP contribution in [0.25, 0.3) is 0 Å². The third-order valence-electron chi connectivity index (χ3n) is 4.90. The van der Waals surface area contributed by atoms with Gasteiger partial charge in [-0.1, -0.05) is 23.7 Å². The largest absolute Gasteiger partial charge is 0.497 e. The number of halogens is 1. The zero-order chi connectivity index (χ0) is 22.5. The molecule has 1 aliphatic heterocycles. The van der Waals surface area contributed by atoms with Crippen molar-refractivity contribution in [2.24, 2.45) is 0 Å². The first-order valence-corrected chi connectivity index (χ1v) is 11.0. The van der Waals surface area contributed by atoms with Crippen LogP contribution < -0.4 is 15.0 Å². The maximum absolute atomic E-state index is 13.7. The van der Waals surface area contributed by atoms with Crippen LogP contribution >= 0.6 is 23.4 Å². The molecule has 0 saturated heterocycles. The molecule has 2 aromatic carbocycles. The molecule has 1 aliphatic rings. The lowest BCUT2D eigenvalue weighted by Crippen LogP contribution is -2.46. The first kappa shape index (κ1) is 23.2. The van der Waals surface area contributed by atoms with Crippen molar-refractivity contribution in [1.82, 2.24) is 10.2 Å². The van der Waals surface area contributed by atoms with Gasteiger partial charge in [-0.3, -0.25) is 4.79 Å². The van der Waals surface area contributed by atoms with Gasteiger partial charge < -0.3 is 24.6 Å². The molecule has 0 radical (unpaired) electrons. The van der Waals surface area contributed by atoms with E-state index in [9.17, 15) is 9.59 Å². The summed E-state index contributed by atoms with van der Waals surface area (Å²) in [6.07, 6.45) is -1.68. The van der Waals surface area contributed by atoms with Gasteiger partial charge in [-0.15, -0.1) is 11.8 Å². The molecule has 2 amide bonds. The van der Waals surface area contributed by atoms with E-state index in [1.54, 1.807) is 18.1 Å². The molecule has 7 nitrogen and oxygen atoms in total. The quantitative estimate of drug-likeness (QED) is 0.702. The Morgan fingerprint density at radius 3 is 2.55 bits per heavy atom. The third-order valence-corrected chi connectivity index (χ3v) is 6.49. The normalized spacial score (nSPS) is 18.4. The van der Waals surface area contributed by atoms with Crippen molar-refractivity contribution in [2.45, 2.75) is 16.2 Å². The molecule has 0 fully saturated rings. The number of rotatable bonds is 6. The fourth-order valence-corrected chi connectivity index (χ4v) is 4.85. The van der Waals surface area contributed by atoms with E-state index in [1.807, 2.05) is 55.4 Å². The van der Waals surface area contributed by atoms with Crippen molar-refractivity contribution >= 4 is 41.1 Å². The number of carbonyl (C=O) groups is 2. The lowest BCUT2D eigenvalue weighted by Gasteiger charge is -2.28. The van der Waals surface area contributed by atoms with Gasteiger partial charge in [-0.25, -0.2) is 4.79 Å². The van der Waals surface area contributed by atoms with Crippen LogP contribution in [0.4, 0.5) is 10.5 Å². The molecule has 166 valence electrons. The number of methoxy groups -OCH3 is 1. The number of hydrogen-bond acceptors (Lipinski definition) is 6. The minimum atomic E-state index is -1.02. The summed E-state index contributed by atoms with van der Waals surface area (Å²) < 4.78 is 10.9. The van der Waals surface area contributed by atoms with Gasteiger partial charge in [0.05, 0.1) is 18.0 Å². The summed E-state index contributed by atoms with van der Waals surface area (Å²) in [5.74, 6) is 0.424. The smallest absolute Gasteiger partial charge is 0.407 e. The number of nitrogens with one attached hydrogen (secondary N) is 1. The second kappa shape index (κ2) is 10.3. The lowest BCUT2D eigenvalue weighted by molar-refractivity contribution is -0.126. The molecule has 0 aromatic heterocycles. The minimum absolute atomic E-state index is 0.278. The Bertz CT molecular complexity index is 939. The minimum Gasteiger partial charge on any atom is -0.497 e. The maximum Gasteiger partial charge on any atom is 0.407 e. The summed E-state index contributed by atoms with van der Waals surface area (Å²) in [6.45, 7) is 1.10. The van der Waals surface area contributed by atoms with Gasteiger partial charge in [0.15, 0.2) is 6.10 Å². The number of nitrogens with zero attached hydrogens (tertiary/aromatic N) is 2. The number of fused-ring (bicyclic) bond motifs is 1. The third kappa shape index (κ3) is 5.44. The van der Waals surface area contributed by atoms with Crippen LogP contribution in [0.15, 0.2) is 47.4 Å². The summed E-state index contributed by atoms with van der Waals surface area (Å²) in [7, 11) is 6.95. The van der Waals surface area contributed by atoms with Crippen LogP contribution in [0.1, 0.15) is 10.8 Å². The number of ether oxygens (including phenoxy) is 2. The van der Waals surface area contributed by atoms with Crippen molar-refractivity contribution in [3.8, 4) is 5.75 Å². The van der Waals surface area contributed by atoms with E-state index in [0.717, 1.165) is 16.1 Å². The van der Waals surface area contributed by atoms with Gasteiger partial charge in [0.2, 0.25) is 0 Å². The molecule has 2 aromatic rings. The van der Waals surface area contributed by atoms with Gasteiger partial charge in [-0.05, 0) is 50.0 Å². The van der Waals surface area contributed by atoms with Crippen LogP contribution in [0, 0.1) is 0 Å². The molecule has 3 rings (SSSR count). The summed E-state index contributed by atoms with van der Waals surface area (Å²) in [6, 6.07) is 12.9. The number of carbonyl (C=O) groups excluding carboxylic acids is 2. The molecule has 9 heteroatoms. The Balaban J connectivity index is 2.09. The first-order valence-electron chi connectivity index (χ1n) is 9.78.